The van der Waals surface area contributed by atoms with E-state index in [2.05, 4.69) is 76.8 Å². The highest BCUT2D eigenvalue weighted by molar-refractivity contribution is 5.66. The predicted molar refractivity (Wildman–Crippen MR) is 76.3 cm³/mol. The van der Waals surface area contributed by atoms with Gasteiger partial charge >= 0.3 is 0 Å². The van der Waals surface area contributed by atoms with Gasteiger partial charge in [0.25, 0.3) is 0 Å². The number of nitrogens with zero attached hydrogens (tertiary/aromatic N) is 2. The summed E-state index contributed by atoms with van der Waals surface area (Å²) in [6, 6.07) is 8.81. The minimum atomic E-state index is 0.418. The highest BCUT2D eigenvalue weighted by Gasteiger charge is 2.47. The third-order valence-corrected chi connectivity index (χ3v) is 4.64. The smallest absolute Gasteiger partial charge is 0.117 e. The van der Waals surface area contributed by atoms with E-state index in [1.54, 1.807) is 0 Å². The van der Waals surface area contributed by atoms with Crippen molar-refractivity contribution in [3.05, 3.63) is 78.3 Å². The lowest BCUT2D eigenvalue weighted by Crippen LogP contribution is -2.50. The van der Waals surface area contributed by atoms with Crippen molar-refractivity contribution in [2.24, 2.45) is 5.92 Å². The Morgan fingerprint density at radius 2 is 1.89 bits per heavy atom. The molecule has 4 aliphatic rings. The maximum absolute atomic E-state index is 2.44. The van der Waals surface area contributed by atoms with E-state index in [1.165, 1.54) is 16.9 Å². The average molecular weight is 246 g/mol. The fourth-order valence-corrected chi connectivity index (χ4v) is 3.71. The molecule has 3 heterocycles. The van der Waals surface area contributed by atoms with Crippen LogP contribution in [0.1, 0.15) is 11.5 Å². The first-order valence-corrected chi connectivity index (χ1v) is 6.84. The van der Waals surface area contributed by atoms with E-state index in [0.29, 0.717) is 18.0 Å². The number of hydrogen-bond acceptors (Lipinski definition) is 2. The molecule has 2 nitrogen and oxygen atoms in total. The number of rotatable bonds is 0. The third kappa shape index (κ3) is 1.08. The van der Waals surface area contributed by atoms with Gasteiger partial charge < -0.3 is 9.80 Å². The molecule has 0 N–H and O–H groups in total. The van der Waals surface area contributed by atoms with Crippen LogP contribution in [-0.4, -0.2) is 11.1 Å². The molecular formula is C17H14N2. The Balaban J connectivity index is 1.73. The second kappa shape index (κ2) is 3.21. The summed E-state index contributed by atoms with van der Waals surface area (Å²) in [4.78, 5) is 4.84. The molecule has 3 unspecified atom stereocenters. The maximum Gasteiger partial charge on any atom is 0.117 e. The monoisotopic (exact) mass is 246 g/mol. The summed E-state index contributed by atoms with van der Waals surface area (Å²) in [5, 5.41) is 0. The van der Waals surface area contributed by atoms with Gasteiger partial charge in [0.05, 0.1) is 5.70 Å². The largest absolute Gasteiger partial charge is 0.325 e. The van der Waals surface area contributed by atoms with E-state index in [4.69, 9.17) is 0 Å². The zero-order valence-electron chi connectivity index (χ0n) is 10.5. The third-order valence-electron chi connectivity index (χ3n) is 4.64. The van der Waals surface area contributed by atoms with Gasteiger partial charge in [0, 0.05) is 29.9 Å². The minimum absolute atomic E-state index is 0.418. The van der Waals surface area contributed by atoms with Gasteiger partial charge in [-0.25, -0.2) is 0 Å². The normalized spacial score (nSPS) is 32.2. The summed E-state index contributed by atoms with van der Waals surface area (Å²) in [6.07, 6.45) is 16.0. The van der Waals surface area contributed by atoms with E-state index in [-0.39, 0.29) is 0 Å². The average Bonchev–Trinajstić information content (AvgIpc) is 2.78. The van der Waals surface area contributed by atoms with Crippen LogP contribution in [0.15, 0.2) is 72.7 Å². The van der Waals surface area contributed by atoms with Gasteiger partial charge in [-0.15, -0.1) is 0 Å². The first-order chi connectivity index (χ1) is 9.43. The van der Waals surface area contributed by atoms with Gasteiger partial charge in [-0.3, -0.25) is 0 Å². The second-order valence-electron chi connectivity index (χ2n) is 5.53. The molecule has 0 aromatic heterocycles. The summed E-state index contributed by atoms with van der Waals surface area (Å²) in [6.45, 7) is 0. The number of hydrogen-bond donors (Lipinski definition) is 0. The molecule has 1 aromatic rings. The lowest BCUT2D eigenvalue weighted by molar-refractivity contribution is 0.262. The molecular weight excluding hydrogens is 232 g/mol. The Morgan fingerprint density at radius 1 is 0.947 bits per heavy atom. The molecule has 0 fully saturated rings. The van der Waals surface area contributed by atoms with Crippen molar-refractivity contribution in [2.75, 3.05) is 4.90 Å². The first-order valence-electron chi connectivity index (χ1n) is 6.84. The van der Waals surface area contributed by atoms with Gasteiger partial charge in [0.1, 0.15) is 6.17 Å². The summed E-state index contributed by atoms with van der Waals surface area (Å²) in [5.41, 5.74) is 4.13. The van der Waals surface area contributed by atoms with Crippen molar-refractivity contribution >= 4 is 5.69 Å². The standard InChI is InChI=1S/C17H14N2/c1-2-7-16-14(6-1)13-8-9-15(13)17-18-10-4-3-5-12(18)11-19(16)17/h1-11,13,15,17H. The highest BCUT2D eigenvalue weighted by atomic mass is 15.4. The highest BCUT2D eigenvalue weighted by Crippen LogP contribution is 2.52. The molecule has 0 radical (unpaired) electrons. The Hall–Kier alpha value is -2.22. The van der Waals surface area contributed by atoms with Crippen molar-refractivity contribution in [3.63, 3.8) is 0 Å². The van der Waals surface area contributed by atoms with Crippen molar-refractivity contribution in [1.29, 1.82) is 0 Å². The number of anilines is 1. The second-order valence-corrected chi connectivity index (χ2v) is 5.53. The van der Waals surface area contributed by atoms with Crippen LogP contribution in [0.3, 0.4) is 0 Å². The van der Waals surface area contributed by atoms with Crippen LogP contribution in [0, 0.1) is 5.92 Å². The van der Waals surface area contributed by atoms with E-state index in [0.717, 1.165) is 0 Å². The first kappa shape index (κ1) is 9.68. The molecule has 2 heteroatoms. The number of fused-ring (bicyclic) bond motifs is 8. The minimum Gasteiger partial charge on any atom is -0.325 e. The Labute approximate surface area is 112 Å². The van der Waals surface area contributed by atoms with Crippen molar-refractivity contribution in [1.82, 2.24) is 4.90 Å². The van der Waals surface area contributed by atoms with Crippen molar-refractivity contribution in [3.8, 4) is 0 Å². The summed E-state index contributed by atoms with van der Waals surface area (Å²) < 4.78 is 0. The number of allylic oxidation sites excluding steroid dienone is 4. The van der Waals surface area contributed by atoms with Crippen LogP contribution in [0.4, 0.5) is 5.69 Å². The fourth-order valence-electron chi connectivity index (χ4n) is 3.71. The van der Waals surface area contributed by atoms with Crippen LogP contribution in [0.25, 0.3) is 0 Å². The summed E-state index contributed by atoms with van der Waals surface area (Å²) in [7, 11) is 0. The van der Waals surface area contributed by atoms with Crippen LogP contribution >= 0.6 is 0 Å². The molecule has 3 aliphatic heterocycles. The van der Waals surface area contributed by atoms with Gasteiger partial charge in [-0.1, -0.05) is 36.4 Å². The van der Waals surface area contributed by atoms with Crippen LogP contribution in [0.2, 0.25) is 0 Å². The molecule has 1 aromatic carbocycles. The summed E-state index contributed by atoms with van der Waals surface area (Å²) in [5.74, 6) is 1.18. The molecule has 0 amide bonds. The van der Waals surface area contributed by atoms with Gasteiger partial charge in [0.2, 0.25) is 0 Å². The Bertz CT molecular complexity index is 680. The topological polar surface area (TPSA) is 6.48 Å². The fraction of sp³-hybridized carbons (Fsp3) is 0.176. The number of para-hydroxylation sites is 1. The lowest BCUT2D eigenvalue weighted by Gasteiger charge is -2.48. The zero-order chi connectivity index (χ0) is 12.4. The van der Waals surface area contributed by atoms with E-state index >= 15 is 0 Å². The predicted octanol–water partition coefficient (Wildman–Crippen LogP) is 3.34. The SMILES string of the molecule is C1=CC2=CN3c4ccccc4C4C=CC4C3N2C=C1. The Morgan fingerprint density at radius 3 is 2.79 bits per heavy atom. The lowest BCUT2D eigenvalue weighted by atomic mass is 9.72. The molecule has 1 aliphatic carbocycles. The van der Waals surface area contributed by atoms with Crippen LogP contribution in [0.5, 0.6) is 0 Å². The van der Waals surface area contributed by atoms with Crippen LogP contribution in [-0.2, 0) is 0 Å². The Kier molecular flexibility index (Phi) is 1.63. The molecule has 92 valence electrons. The number of benzene rings is 1. The van der Waals surface area contributed by atoms with Gasteiger partial charge in [-0.05, 0) is 23.8 Å². The van der Waals surface area contributed by atoms with E-state index in [9.17, 15) is 0 Å². The maximum atomic E-state index is 2.44. The molecule has 0 saturated carbocycles. The molecule has 5 rings (SSSR count). The van der Waals surface area contributed by atoms with Crippen molar-refractivity contribution < 1.29 is 0 Å². The van der Waals surface area contributed by atoms with Gasteiger partial charge in [-0.2, -0.15) is 0 Å². The van der Waals surface area contributed by atoms with Crippen LogP contribution < -0.4 is 4.90 Å². The van der Waals surface area contributed by atoms with E-state index < -0.39 is 0 Å². The zero-order valence-corrected chi connectivity index (χ0v) is 10.5. The molecule has 3 atom stereocenters. The quantitative estimate of drug-likeness (QED) is 0.648. The molecule has 0 spiro atoms. The molecule has 0 bridgehead atoms. The van der Waals surface area contributed by atoms with Gasteiger partial charge in [0.15, 0.2) is 0 Å². The molecule has 19 heavy (non-hydrogen) atoms. The summed E-state index contributed by atoms with van der Waals surface area (Å²) >= 11 is 0. The van der Waals surface area contributed by atoms with Crippen molar-refractivity contribution in [2.45, 2.75) is 12.1 Å². The van der Waals surface area contributed by atoms with E-state index in [1.807, 2.05) is 0 Å². The molecule has 0 saturated heterocycles.